The molecule has 8 heteroatoms. The van der Waals surface area contributed by atoms with Crippen LogP contribution in [0.3, 0.4) is 0 Å². The van der Waals surface area contributed by atoms with Crippen LogP contribution >= 0.6 is 0 Å². The fraction of sp³-hybridized carbons (Fsp3) is 0.737. The highest BCUT2D eigenvalue weighted by Crippen LogP contribution is 2.36. The van der Waals surface area contributed by atoms with E-state index in [1.165, 1.54) is 0 Å². The Balaban J connectivity index is 1.46. The monoisotopic (exact) mass is 376 g/mol. The molecule has 3 aliphatic rings. The van der Waals surface area contributed by atoms with Gasteiger partial charge in [-0.15, -0.1) is 0 Å². The molecule has 0 aromatic carbocycles. The Hall–Kier alpha value is -2.09. The van der Waals surface area contributed by atoms with Gasteiger partial charge in [0.05, 0.1) is 11.3 Å². The minimum absolute atomic E-state index is 0.0692. The van der Waals surface area contributed by atoms with Gasteiger partial charge >= 0.3 is 6.03 Å². The van der Waals surface area contributed by atoms with Gasteiger partial charge in [0.25, 0.3) is 5.91 Å². The zero-order valence-corrected chi connectivity index (χ0v) is 16.1. The van der Waals surface area contributed by atoms with Gasteiger partial charge in [-0.3, -0.25) is 4.79 Å². The number of likely N-dealkylation sites (tertiary alicyclic amines) is 3. The molecule has 0 saturated carbocycles. The smallest absolute Gasteiger partial charge is 0.320 e. The molecule has 3 fully saturated rings. The Morgan fingerprint density at radius 2 is 1.67 bits per heavy atom. The molecule has 0 bridgehead atoms. The van der Waals surface area contributed by atoms with Gasteiger partial charge in [-0.1, -0.05) is 0 Å². The van der Waals surface area contributed by atoms with E-state index in [9.17, 15) is 14.7 Å². The number of nitrogens with zero attached hydrogens (tertiary/aromatic N) is 4. The molecule has 3 saturated heterocycles. The average molecular weight is 376 g/mol. The number of hydrogen-bond acceptors (Lipinski definition) is 5. The van der Waals surface area contributed by atoms with E-state index in [4.69, 9.17) is 4.42 Å². The van der Waals surface area contributed by atoms with Gasteiger partial charge in [-0.2, -0.15) is 0 Å². The highest BCUT2D eigenvalue weighted by atomic mass is 16.4. The molecule has 4 rings (SSSR count). The van der Waals surface area contributed by atoms with Crippen LogP contribution in [0.4, 0.5) is 4.79 Å². The van der Waals surface area contributed by atoms with E-state index in [1.807, 2.05) is 9.80 Å². The summed E-state index contributed by atoms with van der Waals surface area (Å²) in [6.45, 7) is 7.12. The predicted molar refractivity (Wildman–Crippen MR) is 97.3 cm³/mol. The first-order valence-electron chi connectivity index (χ1n) is 9.87. The van der Waals surface area contributed by atoms with Crippen molar-refractivity contribution in [1.29, 1.82) is 0 Å². The largest absolute Gasteiger partial charge is 0.436 e. The van der Waals surface area contributed by atoms with E-state index in [2.05, 4.69) is 4.98 Å². The SMILES string of the molecule is Cc1nc(C)c(C(=O)N2CC[C@@]3(O)CCN(C(=O)N4CCCC4)C[C@H]3C2)o1. The molecule has 0 radical (unpaired) electrons. The Labute approximate surface area is 159 Å². The van der Waals surface area contributed by atoms with E-state index in [-0.39, 0.29) is 23.6 Å². The maximum atomic E-state index is 12.9. The molecule has 1 aromatic rings. The average Bonchev–Trinajstić information content (AvgIpc) is 3.29. The number of hydrogen-bond donors (Lipinski definition) is 1. The molecule has 3 aliphatic heterocycles. The van der Waals surface area contributed by atoms with Crippen LogP contribution in [-0.4, -0.2) is 81.6 Å². The van der Waals surface area contributed by atoms with Gasteiger partial charge in [0.1, 0.15) is 0 Å². The zero-order valence-electron chi connectivity index (χ0n) is 16.1. The molecule has 0 aliphatic carbocycles. The van der Waals surface area contributed by atoms with Crippen molar-refractivity contribution in [3.63, 3.8) is 0 Å². The second kappa shape index (κ2) is 6.82. The first kappa shape index (κ1) is 18.3. The molecule has 3 amide bonds. The summed E-state index contributed by atoms with van der Waals surface area (Å²) in [6, 6.07) is 0.0692. The summed E-state index contributed by atoms with van der Waals surface area (Å²) in [5.41, 5.74) is -0.210. The normalized spacial score (nSPS) is 28.4. The summed E-state index contributed by atoms with van der Waals surface area (Å²) in [7, 11) is 0. The minimum Gasteiger partial charge on any atom is -0.436 e. The third kappa shape index (κ3) is 3.31. The van der Waals surface area contributed by atoms with Crippen molar-refractivity contribution in [3.8, 4) is 0 Å². The quantitative estimate of drug-likeness (QED) is 0.800. The lowest BCUT2D eigenvalue weighted by Gasteiger charge is -2.50. The van der Waals surface area contributed by atoms with Gasteiger partial charge in [-0.05, 0) is 32.6 Å². The molecule has 4 heterocycles. The van der Waals surface area contributed by atoms with Crippen molar-refractivity contribution in [2.75, 3.05) is 39.3 Å². The number of aryl methyl sites for hydroxylation is 2. The van der Waals surface area contributed by atoms with Crippen molar-refractivity contribution < 1.29 is 19.1 Å². The summed E-state index contributed by atoms with van der Waals surface area (Å²) in [5.74, 6) is 0.432. The molecule has 1 aromatic heterocycles. The number of piperidine rings is 2. The molecule has 0 spiro atoms. The molecule has 1 N–H and O–H groups in total. The number of oxazole rings is 1. The number of rotatable bonds is 1. The lowest BCUT2D eigenvalue weighted by atomic mass is 9.75. The van der Waals surface area contributed by atoms with Crippen LogP contribution in [0.1, 0.15) is 47.8 Å². The Morgan fingerprint density at radius 1 is 1.04 bits per heavy atom. The lowest BCUT2D eigenvalue weighted by molar-refractivity contribution is -0.101. The molecular formula is C19H28N4O4. The molecular weight excluding hydrogens is 348 g/mol. The second-order valence-corrected chi connectivity index (χ2v) is 8.12. The van der Waals surface area contributed by atoms with Crippen LogP contribution in [0, 0.1) is 19.8 Å². The fourth-order valence-corrected chi connectivity index (χ4v) is 4.64. The standard InChI is InChI=1S/C19H28N4O4/c1-13-16(27-14(2)20-13)17(24)22-9-5-19(26)6-10-23(12-15(19)11-22)18(25)21-7-3-4-8-21/h15,26H,3-12H2,1-2H3/t15-,19-/m1/s1. The van der Waals surface area contributed by atoms with Crippen LogP contribution in [-0.2, 0) is 0 Å². The zero-order chi connectivity index (χ0) is 19.2. The lowest BCUT2D eigenvalue weighted by Crippen LogP contribution is -2.62. The minimum atomic E-state index is -0.801. The highest BCUT2D eigenvalue weighted by molar-refractivity contribution is 5.92. The molecule has 8 nitrogen and oxygen atoms in total. The van der Waals surface area contributed by atoms with E-state index < -0.39 is 5.60 Å². The van der Waals surface area contributed by atoms with Crippen LogP contribution in [0.5, 0.6) is 0 Å². The van der Waals surface area contributed by atoms with Crippen molar-refractivity contribution in [2.24, 2.45) is 5.92 Å². The van der Waals surface area contributed by atoms with Gasteiger partial charge in [0.2, 0.25) is 5.76 Å². The van der Waals surface area contributed by atoms with Crippen LogP contribution in [0.25, 0.3) is 0 Å². The van der Waals surface area contributed by atoms with Crippen molar-refractivity contribution in [2.45, 2.75) is 45.1 Å². The Morgan fingerprint density at radius 3 is 2.30 bits per heavy atom. The number of amides is 3. The summed E-state index contributed by atoms with van der Waals surface area (Å²) in [5, 5.41) is 11.1. The summed E-state index contributed by atoms with van der Waals surface area (Å²) < 4.78 is 5.48. The number of aromatic nitrogens is 1. The van der Waals surface area contributed by atoms with Crippen LogP contribution in [0.15, 0.2) is 4.42 Å². The predicted octanol–water partition coefficient (Wildman–Crippen LogP) is 1.41. The van der Waals surface area contributed by atoms with Crippen molar-refractivity contribution >= 4 is 11.9 Å². The third-order valence-electron chi connectivity index (χ3n) is 6.30. The first-order valence-corrected chi connectivity index (χ1v) is 9.87. The van der Waals surface area contributed by atoms with Gasteiger partial charge in [0.15, 0.2) is 5.89 Å². The number of carbonyl (C=O) groups excluding carboxylic acids is 2. The van der Waals surface area contributed by atoms with E-state index in [1.54, 1.807) is 18.7 Å². The van der Waals surface area contributed by atoms with E-state index in [0.29, 0.717) is 50.6 Å². The number of urea groups is 1. The van der Waals surface area contributed by atoms with Crippen LogP contribution in [0.2, 0.25) is 0 Å². The summed E-state index contributed by atoms with van der Waals surface area (Å²) >= 11 is 0. The van der Waals surface area contributed by atoms with E-state index >= 15 is 0 Å². The summed E-state index contributed by atoms with van der Waals surface area (Å²) in [4.78, 5) is 35.2. The number of carbonyl (C=O) groups is 2. The van der Waals surface area contributed by atoms with Gasteiger partial charge in [-0.25, -0.2) is 9.78 Å². The molecule has 0 unspecified atom stereocenters. The number of aliphatic hydroxyl groups is 1. The molecule has 2 atom stereocenters. The highest BCUT2D eigenvalue weighted by Gasteiger charge is 2.47. The Bertz CT molecular complexity index is 742. The third-order valence-corrected chi connectivity index (χ3v) is 6.30. The topological polar surface area (TPSA) is 90.1 Å². The fourth-order valence-electron chi connectivity index (χ4n) is 4.64. The van der Waals surface area contributed by atoms with Crippen molar-refractivity contribution in [3.05, 3.63) is 17.3 Å². The van der Waals surface area contributed by atoms with Crippen LogP contribution < -0.4 is 0 Å². The first-order chi connectivity index (χ1) is 12.9. The molecule has 148 valence electrons. The summed E-state index contributed by atoms with van der Waals surface area (Å²) in [6.07, 6.45) is 3.22. The maximum Gasteiger partial charge on any atom is 0.320 e. The maximum absolute atomic E-state index is 12.9. The van der Waals surface area contributed by atoms with Gasteiger partial charge in [0, 0.05) is 52.1 Å². The number of fused-ring (bicyclic) bond motifs is 1. The van der Waals surface area contributed by atoms with Crippen molar-refractivity contribution in [1.82, 2.24) is 19.7 Å². The van der Waals surface area contributed by atoms with Gasteiger partial charge < -0.3 is 24.2 Å². The second-order valence-electron chi connectivity index (χ2n) is 8.12. The van der Waals surface area contributed by atoms with E-state index in [0.717, 1.165) is 25.9 Å². The molecule has 27 heavy (non-hydrogen) atoms. The Kier molecular flexibility index (Phi) is 4.61.